The molecule has 0 radical (unpaired) electrons. The molecule has 0 amide bonds. The Bertz CT molecular complexity index is 92.5. The Morgan fingerprint density at radius 2 is 1.89 bits per heavy atom. The summed E-state index contributed by atoms with van der Waals surface area (Å²) in [5.41, 5.74) is 1.79. The number of nitrogens with zero attached hydrogens (tertiary/aromatic N) is 1. The molecule has 0 N–H and O–H groups in total. The van der Waals surface area contributed by atoms with Gasteiger partial charge < -0.3 is 0 Å². The topological polar surface area (TPSA) is 12.9 Å². The van der Waals surface area contributed by atoms with Crippen LogP contribution in [0.1, 0.15) is 20.8 Å². The summed E-state index contributed by atoms with van der Waals surface area (Å²) in [6, 6.07) is 0. The van der Waals surface area contributed by atoms with Crippen LogP contribution in [0.25, 0.3) is 0 Å². The largest absolute Gasteiger partial charge is 0.253 e. The summed E-state index contributed by atoms with van der Waals surface area (Å²) >= 11 is 1.60. The van der Waals surface area contributed by atoms with E-state index in [0.29, 0.717) is 0 Å². The first-order chi connectivity index (χ1) is 4.23. The van der Waals surface area contributed by atoms with E-state index < -0.39 is 0 Å². The maximum atomic E-state index is 3.74. The maximum absolute atomic E-state index is 3.74. The molecule has 0 spiro atoms. The normalized spacial score (nSPS) is 8.44. The van der Waals surface area contributed by atoms with E-state index in [2.05, 4.69) is 25.8 Å². The van der Waals surface area contributed by atoms with Crippen molar-refractivity contribution in [2.24, 2.45) is 5.92 Å². The van der Waals surface area contributed by atoms with Gasteiger partial charge in [-0.1, -0.05) is 20.8 Å². The SMILES string of the molecule is CC(C)C.c1cscn1. The zero-order chi connectivity index (χ0) is 7.11. The van der Waals surface area contributed by atoms with Crippen molar-refractivity contribution in [3.8, 4) is 0 Å². The molecule has 0 aliphatic heterocycles. The lowest BCUT2D eigenvalue weighted by Gasteiger charge is -1.79. The fraction of sp³-hybridized carbons (Fsp3) is 0.571. The second kappa shape index (κ2) is 5.76. The third-order valence-electron chi connectivity index (χ3n) is 0.347. The van der Waals surface area contributed by atoms with Gasteiger partial charge in [-0.15, -0.1) is 11.3 Å². The summed E-state index contributed by atoms with van der Waals surface area (Å²) in [5, 5.41) is 1.93. The molecule has 0 bridgehead atoms. The Morgan fingerprint density at radius 1 is 1.33 bits per heavy atom. The lowest BCUT2D eigenvalue weighted by molar-refractivity contribution is 0.737. The third kappa shape index (κ3) is 11.3. The van der Waals surface area contributed by atoms with Crippen LogP contribution in [-0.4, -0.2) is 4.98 Å². The Kier molecular flexibility index (Phi) is 5.52. The Morgan fingerprint density at radius 3 is 2.00 bits per heavy atom. The number of aromatic nitrogens is 1. The first kappa shape index (κ1) is 8.63. The van der Waals surface area contributed by atoms with Gasteiger partial charge >= 0.3 is 0 Å². The molecule has 2 heteroatoms. The van der Waals surface area contributed by atoms with Crippen molar-refractivity contribution in [3.05, 3.63) is 17.1 Å². The van der Waals surface area contributed by atoms with Gasteiger partial charge in [-0.3, -0.25) is 4.98 Å². The van der Waals surface area contributed by atoms with Crippen molar-refractivity contribution in [2.75, 3.05) is 0 Å². The van der Waals surface area contributed by atoms with E-state index in [-0.39, 0.29) is 0 Å². The van der Waals surface area contributed by atoms with E-state index >= 15 is 0 Å². The van der Waals surface area contributed by atoms with E-state index in [0.717, 1.165) is 5.92 Å². The van der Waals surface area contributed by atoms with Gasteiger partial charge in [0.15, 0.2) is 0 Å². The highest BCUT2D eigenvalue weighted by molar-refractivity contribution is 7.07. The fourth-order valence-electron chi connectivity index (χ4n) is 0.176. The van der Waals surface area contributed by atoms with Crippen molar-refractivity contribution in [1.82, 2.24) is 4.98 Å². The number of hydrogen-bond acceptors (Lipinski definition) is 2. The molecule has 1 aromatic rings. The highest BCUT2D eigenvalue weighted by Crippen LogP contribution is 1.85. The molecular formula is C7H13NS. The molecule has 0 saturated heterocycles. The molecular weight excluding hydrogens is 130 g/mol. The summed E-state index contributed by atoms with van der Waals surface area (Å²) in [6.07, 6.45) is 1.77. The first-order valence-corrected chi connectivity index (χ1v) is 4.00. The van der Waals surface area contributed by atoms with Crippen LogP contribution in [0.5, 0.6) is 0 Å². The van der Waals surface area contributed by atoms with Crippen LogP contribution in [0.3, 0.4) is 0 Å². The average Bonchev–Trinajstić information content (AvgIpc) is 2.11. The monoisotopic (exact) mass is 143 g/mol. The standard InChI is InChI=1S/C4H10.C3H3NS/c1-4(2)3;1-2-5-3-4-1/h4H,1-3H3;1-3H. The zero-order valence-electron chi connectivity index (χ0n) is 6.16. The van der Waals surface area contributed by atoms with Gasteiger partial charge in [0, 0.05) is 11.6 Å². The summed E-state index contributed by atoms with van der Waals surface area (Å²) < 4.78 is 0. The van der Waals surface area contributed by atoms with Crippen molar-refractivity contribution in [1.29, 1.82) is 0 Å². The van der Waals surface area contributed by atoms with E-state index in [4.69, 9.17) is 0 Å². The lowest BCUT2D eigenvalue weighted by atomic mass is 10.3. The number of rotatable bonds is 0. The van der Waals surface area contributed by atoms with Gasteiger partial charge in [0.2, 0.25) is 0 Å². The minimum Gasteiger partial charge on any atom is -0.253 e. The summed E-state index contributed by atoms with van der Waals surface area (Å²) in [4.78, 5) is 3.74. The highest BCUT2D eigenvalue weighted by Gasteiger charge is 1.68. The summed E-state index contributed by atoms with van der Waals surface area (Å²) in [6.45, 7) is 6.50. The van der Waals surface area contributed by atoms with Crippen molar-refractivity contribution >= 4 is 11.3 Å². The van der Waals surface area contributed by atoms with Gasteiger partial charge in [-0.2, -0.15) is 0 Å². The molecule has 0 aromatic carbocycles. The predicted octanol–water partition coefficient (Wildman–Crippen LogP) is 2.81. The molecule has 1 heterocycles. The molecule has 0 aliphatic carbocycles. The van der Waals surface area contributed by atoms with Gasteiger partial charge in [-0.05, 0) is 5.92 Å². The van der Waals surface area contributed by atoms with Crippen LogP contribution >= 0.6 is 11.3 Å². The van der Waals surface area contributed by atoms with E-state index in [1.165, 1.54) is 0 Å². The molecule has 0 saturated carbocycles. The number of hydrogen-bond donors (Lipinski definition) is 0. The molecule has 1 nitrogen and oxygen atoms in total. The van der Waals surface area contributed by atoms with Gasteiger partial charge in [0.1, 0.15) is 0 Å². The molecule has 0 aliphatic rings. The minimum atomic E-state index is 0.833. The van der Waals surface area contributed by atoms with Crippen LogP contribution in [0.4, 0.5) is 0 Å². The fourth-order valence-corrected chi connectivity index (χ4v) is 0.527. The molecule has 0 atom stereocenters. The third-order valence-corrected chi connectivity index (χ3v) is 0.869. The number of thiazole rings is 1. The second-order valence-electron chi connectivity index (χ2n) is 2.41. The second-order valence-corrected chi connectivity index (χ2v) is 3.16. The maximum Gasteiger partial charge on any atom is 0.0791 e. The molecule has 9 heavy (non-hydrogen) atoms. The van der Waals surface area contributed by atoms with E-state index in [1.807, 2.05) is 5.38 Å². The quantitative estimate of drug-likeness (QED) is 0.544. The van der Waals surface area contributed by atoms with Crippen LogP contribution in [0.2, 0.25) is 0 Å². The molecule has 1 rings (SSSR count). The average molecular weight is 143 g/mol. The van der Waals surface area contributed by atoms with Crippen LogP contribution in [0.15, 0.2) is 17.1 Å². The Hall–Kier alpha value is -0.370. The smallest absolute Gasteiger partial charge is 0.0791 e. The van der Waals surface area contributed by atoms with Crippen molar-refractivity contribution in [2.45, 2.75) is 20.8 Å². The molecule has 0 fully saturated rings. The van der Waals surface area contributed by atoms with Gasteiger partial charge in [-0.25, -0.2) is 0 Å². The Labute approximate surface area is 60.8 Å². The van der Waals surface area contributed by atoms with Crippen molar-refractivity contribution in [3.63, 3.8) is 0 Å². The van der Waals surface area contributed by atoms with E-state index in [1.54, 1.807) is 23.0 Å². The summed E-state index contributed by atoms with van der Waals surface area (Å²) in [7, 11) is 0. The Balaban J connectivity index is 0.000000148. The first-order valence-electron chi connectivity index (χ1n) is 3.05. The lowest BCUT2D eigenvalue weighted by Crippen LogP contribution is -1.66. The van der Waals surface area contributed by atoms with Crippen LogP contribution in [-0.2, 0) is 0 Å². The predicted molar refractivity (Wildman–Crippen MR) is 42.6 cm³/mol. The van der Waals surface area contributed by atoms with Crippen LogP contribution < -0.4 is 0 Å². The molecule has 0 unspecified atom stereocenters. The zero-order valence-corrected chi connectivity index (χ0v) is 6.98. The van der Waals surface area contributed by atoms with E-state index in [9.17, 15) is 0 Å². The van der Waals surface area contributed by atoms with Gasteiger partial charge in [0.25, 0.3) is 0 Å². The summed E-state index contributed by atoms with van der Waals surface area (Å²) in [5.74, 6) is 0.833. The minimum absolute atomic E-state index is 0.833. The van der Waals surface area contributed by atoms with Gasteiger partial charge in [0.05, 0.1) is 5.51 Å². The highest BCUT2D eigenvalue weighted by atomic mass is 32.1. The molecule has 52 valence electrons. The van der Waals surface area contributed by atoms with Crippen LogP contribution in [0, 0.1) is 5.92 Å². The van der Waals surface area contributed by atoms with Crippen molar-refractivity contribution < 1.29 is 0 Å². The molecule has 1 aromatic heterocycles.